The first-order valence-electron chi connectivity index (χ1n) is 9.27. The second-order valence-corrected chi connectivity index (χ2v) is 6.92. The second-order valence-electron chi connectivity index (χ2n) is 6.92. The lowest BCUT2D eigenvalue weighted by Crippen LogP contribution is -2.36. The molecule has 2 aromatic rings. The van der Waals surface area contributed by atoms with Crippen LogP contribution in [0.2, 0.25) is 0 Å². The minimum absolute atomic E-state index is 0. The molecule has 1 fully saturated rings. The molecule has 27 heavy (non-hydrogen) atoms. The van der Waals surface area contributed by atoms with E-state index in [9.17, 15) is 0 Å². The molecular weight excluding hydrogens is 453 g/mol. The molecule has 3 rings (SSSR count). The first kappa shape index (κ1) is 21.5. The first-order chi connectivity index (χ1) is 12.7. The highest BCUT2D eigenvalue weighted by Gasteiger charge is 2.16. The van der Waals surface area contributed by atoms with Crippen molar-refractivity contribution in [3.05, 3.63) is 41.9 Å². The van der Waals surface area contributed by atoms with Gasteiger partial charge in [-0.15, -0.1) is 24.0 Å². The molecule has 1 aliphatic heterocycles. The van der Waals surface area contributed by atoms with Crippen LogP contribution < -0.4 is 15.5 Å². The standard InChI is InChI=1S/C19H29N7.HI/c1-15-7-10-26(11-8-15)18-5-4-16(12-21-18)13-22-19(20-2)23-14-17-6-9-24-25(17)3;/h4-6,9,12,15H,7-8,10-11,13-14H2,1-3H3,(H2,20,22,23);1H. The summed E-state index contributed by atoms with van der Waals surface area (Å²) in [5.74, 6) is 2.68. The van der Waals surface area contributed by atoms with E-state index in [1.165, 1.54) is 12.8 Å². The first-order valence-corrected chi connectivity index (χ1v) is 9.27. The van der Waals surface area contributed by atoms with Gasteiger partial charge < -0.3 is 15.5 Å². The summed E-state index contributed by atoms with van der Waals surface area (Å²) in [5, 5.41) is 10.8. The van der Waals surface area contributed by atoms with Gasteiger partial charge in [0, 0.05) is 46.1 Å². The third-order valence-electron chi connectivity index (χ3n) is 4.96. The number of nitrogens with one attached hydrogen (secondary N) is 2. The minimum atomic E-state index is 0. The summed E-state index contributed by atoms with van der Waals surface area (Å²) >= 11 is 0. The Balaban J connectivity index is 0.00000261. The highest BCUT2D eigenvalue weighted by atomic mass is 127. The summed E-state index contributed by atoms with van der Waals surface area (Å²) in [4.78, 5) is 11.3. The molecule has 0 bridgehead atoms. The molecule has 0 radical (unpaired) electrons. The zero-order valence-corrected chi connectivity index (χ0v) is 18.7. The molecule has 2 N–H and O–H groups in total. The molecule has 0 aliphatic carbocycles. The summed E-state index contributed by atoms with van der Waals surface area (Å²) < 4.78 is 1.85. The predicted molar refractivity (Wildman–Crippen MR) is 121 cm³/mol. The van der Waals surface area contributed by atoms with Crippen molar-refractivity contribution < 1.29 is 0 Å². The molecule has 0 amide bonds. The van der Waals surface area contributed by atoms with Crippen molar-refractivity contribution in [3.63, 3.8) is 0 Å². The van der Waals surface area contributed by atoms with Crippen LogP contribution in [0.25, 0.3) is 0 Å². The number of anilines is 1. The Morgan fingerprint density at radius 1 is 1.19 bits per heavy atom. The molecule has 7 nitrogen and oxygen atoms in total. The maximum atomic E-state index is 4.64. The number of piperidine rings is 1. The monoisotopic (exact) mass is 483 g/mol. The van der Waals surface area contributed by atoms with E-state index in [0.717, 1.165) is 42.0 Å². The van der Waals surface area contributed by atoms with E-state index in [1.54, 1.807) is 13.2 Å². The molecule has 0 saturated carbocycles. The van der Waals surface area contributed by atoms with Gasteiger partial charge in [0.15, 0.2) is 5.96 Å². The predicted octanol–water partition coefficient (Wildman–Crippen LogP) is 2.53. The van der Waals surface area contributed by atoms with Gasteiger partial charge in [0.2, 0.25) is 0 Å². The van der Waals surface area contributed by atoms with Gasteiger partial charge in [0.1, 0.15) is 5.82 Å². The van der Waals surface area contributed by atoms with Crippen molar-refractivity contribution in [1.82, 2.24) is 25.4 Å². The maximum Gasteiger partial charge on any atom is 0.191 e. The molecule has 1 aliphatic rings. The number of aryl methyl sites for hydroxylation is 1. The summed E-state index contributed by atoms with van der Waals surface area (Å²) in [6.07, 6.45) is 6.26. The summed E-state index contributed by atoms with van der Waals surface area (Å²) in [6, 6.07) is 6.25. The quantitative estimate of drug-likeness (QED) is 0.389. The molecular formula is C19H30IN7. The average Bonchev–Trinajstić information content (AvgIpc) is 3.08. The Labute approximate surface area is 178 Å². The average molecular weight is 483 g/mol. The number of hydrogen-bond donors (Lipinski definition) is 2. The van der Waals surface area contributed by atoms with Crippen LogP contribution in [0.15, 0.2) is 35.6 Å². The van der Waals surface area contributed by atoms with Gasteiger partial charge in [-0.1, -0.05) is 13.0 Å². The molecule has 0 atom stereocenters. The smallest absolute Gasteiger partial charge is 0.191 e. The van der Waals surface area contributed by atoms with Crippen molar-refractivity contribution in [2.24, 2.45) is 18.0 Å². The lowest BCUT2D eigenvalue weighted by atomic mass is 9.99. The topological polar surface area (TPSA) is 70.4 Å². The zero-order valence-electron chi connectivity index (χ0n) is 16.4. The minimum Gasteiger partial charge on any atom is -0.357 e. The molecule has 1 saturated heterocycles. The van der Waals surface area contributed by atoms with Crippen molar-refractivity contribution in [2.75, 3.05) is 25.0 Å². The fourth-order valence-corrected chi connectivity index (χ4v) is 3.10. The number of rotatable bonds is 5. The van der Waals surface area contributed by atoms with E-state index in [-0.39, 0.29) is 24.0 Å². The highest BCUT2D eigenvalue weighted by molar-refractivity contribution is 14.0. The van der Waals surface area contributed by atoms with Gasteiger partial charge in [-0.3, -0.25) is 9.67 Å². The molecule has 2 aromatic heterocycles. The van der Waals surface area contributed by atoms with E-state index in [2.05, 4.69) is 49.7 Å². The van der Waals surface area contributed by atoms with E-state index < -0.39 is 0 Å². The molecule has 3 heterocycles. The molecule has 0 unspecified atom stereocenters. The Bertz CT molecular complexity index is 718. The van der Waals surface area contributed by atoms with Crippen molar-refractivity contribution in [3.8, 4) is 0 Å². The van der Waals surface area contributed by atoms with E-state index >= 15 is 0 Å². The fourth-order valence-electron chi connectivity index (χ4n) is 3.10. The Hall–Kier alpha value is -1.84. The van der Waals surface area contributed by atoms with E-state index in [4.69, 9.17) is 0 Å². The van der Waals surface area contributed by atoms with Gasteiger partial charge in [-0.05, 0) is 36.5 Å². The summed E-state index contributed by atoms with van der Waals surface area (Å²) in [7, 11) is 3.71. The van der Waals surface area contributed by atoms with Crippen molar-refractivity contribution >= 4 is 35.8 Å². The third-order valence-corrected chi connectivity index (χ3v) is 4.96. The van der Waals surface area contributed by atoms with Gasteiger partial charge in [-0.25, -0.2) is 4.98 Å². The van der Waals surface area contributed by atoms with Crippen LogP contribution in [-0.2, 0) is 20.1 Å². The number of pyridine rings is 1. The molecule has 0 spiro atoms. The van der Waals surface area contributed by atoms with E-state index in [1.807, 2.05) is 24.0 Å². The largest absolute Gasteiger partial charge is 0.357 e. The Kier molecular flexibility index (Phi) is 8.33. The SMILES string of the molecule is CN=C(NCc1ccc(N2CCC(C)CC2)nc1)NCc1ccnn1C.I. The zero-order chi connectivity index (χ0) is 18.4. The van der Waals surface area contributed by atoms with Crippen LogP contribution in [0.3, 0.4) is 0 Å². The number of halogens is 1. The number of aliphatic imine (C=N–C) groups is 1. The number of aromatic nitrogens is 3. The van der Waals surface area contributed by atoms with E-state index in [0.29, 0.717) is 13.1 Å². The second kappa shape index (κ2) is 10.5. The van der Waals surface area contributed by atoms with Gasteiger partial charge in [0.05, 0.1) is 12.2 Å². The Morgan fingerprint density at radius 3 is 2.52 bits per heavy atom. The van der Waals surface area contributed by atoms with Gasteiger partial charge >= 0.3 is 0 Å². The maximum absolute atomic E-state index is 4.64. The lowest BCUT2D eigenvalue weighted by molar-refractivity contribution is 0.436. The number of guanidine groups is 1. The summed E-state index contributed by atoms with van der Waals surface area (Å²) in [5.41, 5.74) is 2.25. The van der Waals surface area contributed by atoms with Crippen LogP contribution in [0.4, 0.5) is 5.82 Å². The molecule has 0 aromatic carbocycles. The van der Waals surface area contributed by atoms with Crippen molar-refractivity contribution in [2.45, 2.75) is 32.9 Å². The number of nitrogens with zero attached hydrogens (tertiary/aromatic N) is 5. The van der Waals surface area contributed by atoms with Gasteiger partial charge in [0.25, 0.3) is 0 Å². The normalized spacial score (nSPS) is 15.4. The number of hydrogen-bond acceptors (Lipinski definition) is 4. The third kappa shape index (κ3) is 6.08. The van der Waals surface area contributed by atoms with Crippen LogP contribution in [0, 0.1) is 5.92 Å². The summed E-state index contributed by atoms with van der Waals surface area (Å²) in [6.45, 7) is 5.91. The van der Waals surface area contributed by atoms with Gasteiger partial charge in [-0.2, -0.15) is 5.10 Å². The van der Waals surface area contributed by atoms with Crippen LogP contribution >= 0.6 is 24.0 Å². The Morgan fingerprint density at radius 2 is 1.93 bits per heavy atom. The van der Waals surface area contributed by atoms with Crippen LogP contribution in [-0.4, -0.2) is 40.9 Å². The molecule has 8 heteroatoms. The fraction of sp³-hybridized carbons (Fsp3) is 0.526. The van der Waals surface area contributed by atoms with Crippen LogP contribution in [0.5, 0.6) is 0 Å². The highest BCUT2D eigenvalue weighted by Crippen LogP contribution is 2.21. The van der Waals surface area contributed by atoms with Crippen molar-refractivity contribution in [1.29, 1.82) is 0 Å². The lowest BCUT2D eigenvalue weighted by Gasteiger charge is -2.31. The molecule has 148 valence electrons. The van der Waals surface area contributed by atoms with Crippen LogP contribution in [0.1, 0.15) is 31.0 Å².